The van der Waals surface area contributed by atoms with Gasteiger partial charge in [0.25, 0.3) is 0 Å². The summed E-state index contributed by atoms with van der Waals surface area (Å²) in [5.74, 6) is 0.805. The molecule has 3 nitrogen and oxygen atoms in total. The summed E-state index contributed by atoms with van der Waals surface area (Å²) in [5.41, 5.74) is -0.0571. The molecule has 3 heteroatoms. The quantitative estimate of drug-likeness (QED) is 0.714. The molecule has 0 amide bonds. The summed E-state index contributed by atoms with van der Waals surface area (Å²) in [4.78, 5) is 16.5. The molecule has 1 saturated heterocycles. The zero-order chi connectivity index (χ0) is 13.9. The Morgan fingerprint density at radius 2 is 2.00 bits per heavy atom. The van der Waals surface area contributed by atoms with E-state index in [0.717, 1.165) is 31.8 Å². The van der Waals surface area contributed by atoms with Gasteiger partial charge in [0.15, 0.2) is 0 Å². The Kier molecular flexibility index (Phi) is 5.02. The van der Waals surface area contributed by atoms with Crippen molar-refractivity contribution in [2.45, 2.75) is 51.5 Å². The third kappa shape index (κ3) is 3.79. The van der Waals surface area contributed by atoms with Crippen LogP contribution < -0.4 is 0 Å². The summed E-state index contributed by atoms with van der Waals surface area (Å²) in [6.07, 6.45) is 8.50. The first-order chi connectivity index (χ1) is 9.04. The number of likely N-dealkylation sites (tertiary alicyclic amines) is 1. The fraction of sp³-hybridized carbons (Fsp3) is 0.938. The van der Waals surface area contributed by atoms with Crippen molar-refractivity contribution in [3.8, 4) is 0 Å². The highest BCUT2D eigenvalue weighted by molar-refractivity contribution is 5.60. The van der Waals surface area contributed by atoms with Crippen molar-refractivity contribution in [3.05, 3.63) is 0 Å². The van der Waals surface area contributed by atoms with E-state index in [1.807, 2.05) is 0 Å². The molecule has 0 radical (unpaired) electrons. The van der Waals surface area contributed by atoms with Gasteiger partial charge in [-0.2, -0.15) is 0 Å². The molecule has 0 bridgehead atoms. The summed E-state index contributed by atoms with van der Waals surface area (Å²) in [6.45, 7) is 5.61. The summed E-state index contributed by atoms with van der Waals surface area (Å²) in [7, 11) is 4.42. The van der Waals surface area contributed by atoms with Gasteiger partial charge in [-0.3, -0.25) is 0 Å². The fourth-order valence-electron chi connectivity index (χ4n) is 3.82. The molecule has 1 aliphatic carbocycles. The van der Waals surface area contributed by atoms with E-state index >= 15 is 0 Å². The SMILES string of the molecule is CC1CCC(C=O)(CN(C)CC2CCCN2C)CC1. The number of carbonyl (C=O) groups excluding carboxylic acids is 1. The van der Waals surface area contributed by atoms with Crippen LogP contribution in [0.1, 0.15) is 45.4 Å². The Hall–Kier alpha value is -0.410. The van der Waals surface area contributed by atoms with Gasteiger partial charge in [0, 0.05) is 24.5 Å². The summed E-state index contributed by atoms with van der Waals surface area (Å²) < 4.78 is 0. The van der Waals surface area contributed by atoms with Crippen LogP contribution >= 0.6 is 0 Å². The normalized spacial score (nSPS) is 36.8. The van der Waals surface area contributed by atoms with Crippen LogP contribution in [0.15, 0.2) is 0 Å². The minimum atomic E-state index is -0.0571. The van der Waals surface area contributed by atoms with Gasteiger partial charge in [0.1, 0.15) is 6.29 Å². The fourth-order valence-corrected chi connectivity index (χ4v) is 3.82. The molecule has 0 spiro atoms. The second-order valence-corrected chi connectivity index (χ2v) is 7.14. The van der Waals surface area contributed by atoms with Gasteiger partial charge in [-0.1, -0.05) is 6.92 Å². The molecule has 0 aromatic heterocycles. The first kappa shape index (κ1) is 15.0. The van der Waals surface area contributed by atoms with Gasteiger partial charge in [-0.25, -0.2) is 0 Å². The van der Waals surface area contributed by atoms with E-state index in [2.05, 4.69) is 30.8 Å². The number of hydrogen-bond acceptors (Lipinski definition) is 3. The minimum absolute atomic E-state index is 0.0571. The van der Waals surface area contributed by atoms with Crippen LogP contribution in [0.5, 0.6) is 0 Å². The molecule has 19 heavy (non-hydrogen) atoms. The second-order valence-electron chi connectivity index (χ2n) is 7.14. The third-order valence-electron chi connectivity index (χ3n) is 5.30. The third-order valence-corrected chi connectivity index (χ3v) is 5.30. The van der Waals surface area contributed by atoms with Crippen molar-refractivity contribution in [1.82, 2.24) is 9.80 Å². The van der Waals surface area contributed by atoms with E-state index in [0.29, 0.717) is 6.04 Å². The second kappa shape index (κ2) is 6.36. The maximum absolute atomic E-state index is 11.6. The van der Waals surface area contributed by atoms with Gasteiger partial charge in [0.05, 0.1) is 0 Å². The molecule has 110 valence electrons. The Balaban J connectivity index is 1.85. The molecule has 1 atom stereocenters. The molecule has 1 unspecified atom stereocenters. The van der Waals surface area contributed by atoms with E-state index in [4.69, 9.17) is 0 Å². The van der Waals surface area contributed by atoms with Crippen LogP contribution in [0.3, 0.4) is 0 Å². The topological polar surface area (TPSA) is 23.6 Å². The molecule has 0 aromatic carbocycles. The number of rotatable bonds is 5. The molecule has 2 fully saturated rings. The number of aldehydes is 1. The van der Waals surface area contributed by atoms with Gasteiger partial charge in [0.2, 0.25) is 0 Å². The first-order valence-electron chi connectivity index (χ1n) is 7.90. The van der Waals surface area contributed by atoms with E-state index < -0.39 is 0 Å². The smallest absolute Gasteiger partial charge is 0.127 e. The predicted molar refractivity (Wildman–Crippen MR) is 79.3 cm³/mol. The van der Waals surface area contributed by atoms with Crippen LogP contribution in [0.2, 0.25) is 0 Å². The van der Waals surface area contributed by atoms with Crippen LogP contribution in [-0.4, -0.2) is 55.9 Å². The van der Waals surface area contributed by atoms with E-state index in [-0.39, 0.29) is 5.41 Å². The van der Waals surface area contributed by atoms with E-state index in [1.54, 1.807) is 0 Å². The molecule has 0 N–H and O–H groups in total. The molecule has 1 saturated carbocycles. The van der Waals surface area contributed by atoms with E-state index in [1.165, 1.54) is 38.5 Å². The van der Waals surface area contributed by atoms with Crippen molar-refractivity contribution in [3.63, 3.8) is 0 Å². The minimum Gasteiger partial charge on any atom is -0.304 e. The number of carbonyl (C=O) groups is 1. The lowest BCUT2D eigenvalue weighted by Crippen LogP contribution is -2.44. The average molecular weight is 266 g/mol. The molecule has 2 rings (SSSR count). The highest BCUT2D eigenvalue weighted by Crippen LogP contribution is 2.37. The summed E-state index contributed by atoms with van der Waals surface area (Å²) in [6, 6.07) is 0.691. The monoisotopic (exact) mass is 266 g/mol. The molecule has 2 aliphatic rings. The van der Waals surface area contributed by atoms with E-state index in [9.17, 15) is 4.79 Å². The molecule has 1 heterocycles. The summed E-state index contributed by atoms with van der Waals surface area (Å²) in [5, 5.41) is 0. The van der Waals surface area contributed by atoms with Crippen molar-refractivity contribution < 1.29 is 4.79 Å². The Labute approximate surface area is 118 Å². The number of hydrogen-bond donors (Lipinski definition) is 0. The largest absolute Gasteiger partial charge is 0.304 e. The number of nitrogens with zero attached hydrogens (tertiary/aromatic N) is 2. The standard InChI is InChI=1S/C16H30N2O/c1-14-6-8-16(13-19,9-7-14)12-17(2)11-15-5-4-10-18(15)3/h13-15H,4-12H2,1-3H3. The van der Waals surface area contributed by atoms with Crippen LogP contribution in [-0.2, 0) is 4.79 Å². The molecular weight excluding hydrogens is 236 g/mol. The van der Waals surface area contributed by atoms with Gasteiger partial charge < -0.3 is 14.6 Å². The Morgan fingerprint density at radius 3 is 2.53 bits per heavy atom. The van der Waals surface area contributed by atoms with Crippen molar-refractivity contribution in [1.29, 1.82) is 0 Å². The highest BCUT2D eigenvalue weighted by atomic mass is 16.1. The maximum atomic E-state index is 11.6. The van der Waals surface area contributed by atoms with Gasteiger partial charge in [-0.05, 0) is 65.1 Å². The molecule has 0 aromatic rings. The van der Waals surface area contributed by atoms with Gasteiger partial charge >= 0.3 is 0 Å². The van der Waals surface area contributed by atoms with Crippen molar-refractivity contribution >= 4 is 6.29 Å². The molecular formula is C16H30N2O. The number of likely N-dealkylation sites (N-methyl/N-ethyl adjacent to an activating group) is 2. The first-order valence-corrected chi connectivity index (χ1v) is 7.90. The predicted octanol–water partition coefficient (Wildman–Crippen LogP) is 2.41. The molecule has 1 aliphatic heterocycles. The summed E-state index contributed by atoms with van der Waals surface area (Å²) >= 11 is 0. The lowest BCUT2D eigenvalue weighted by molar-refractivity contribution is -0.119. The zero-order valence-electron chi connectivity index (χ0n) is 12.9. The van der Waals surface area contributed by atoms with Gasteiger partial charge in [-0.15, -0.1) is 0 Å². The van der Waals surface area contributed by atoms with Crippen LogP contribution in [0.4, 0.5) is 0 Å². The maximum Gasteiger partial charge on any atom is 0.127 e. The lowest BCUT2D eigenvalue weighted by Gasteiger charge is -2.38. The average Bonchev–Trinajstić information content (AvgIpc) is 2.78. The lowest BCUT2D eigenvalue weighted by atomic mass is 9.71. The highest BCUT2D eigenvalue weighted by Gasteiger charge is 2.35. The Morgan fingerprint density at radius 1 is 1.32 bits per heavy atom. The zero-order valence-corrected chi connectivity index (χ0v) is 12.9. The van der Waals surface area contributed by atoms with Crippen LogP contribution in [0.25, 0.3) is 0 Å². The van der Waals surface area contributed by atoms with Crippen molar-refractivity contribution in [2.24, 2.45) is 11.3 Å². The van der Waals surface area contributed by atoms with Crippen LogP contribution in [0, 0.1) is 11.3 Å². The van der Waals surface area contributed by atoms with Crippen molar-refractivity contribution in [2.75, 3.05) is 33.7 Å². The Bertz CT molecular complexity index is 297.